The van der Waals surface area contributed by atoms with Gasteiger partial charge in [-0.1, -0.05) is 13.8 Å². The maximum absolute atomic E-state index is 15.5. The molecule has 0 radical (unpaired) electrons. The van der Waals surface area contributed by atoms with Crippen LogP contribution in [0.3, 0.4) is 0 Å². The van der Waals surface area contributed by atoms with Crippen LogP contribution in [-0.2, 0) is 21.4 Å². The molecule has 1 unspecified atom stereocenters. The highest BCUT2D eigenvalue weighted by Crippen LogP contribution is 2.33. The molecule has 0 aliphatic carbocycles. The summed E-state index contributed by atoms with van der Waals surface area (Å²) >= 11 is 0. The summed E-state index contributed by atoms with van der Waals surface area (Å²) in [6.07, 6.45) is 5.19. The lowest BCUT2D eigenvalue weighted by molar-refractivity contribution is -0.0372. The molecule has 4 aromatic rings. The predicted octanol–water partition coefficient (Wildman–Crippen LogP) is 5.19. The zero-order valence-electron chi connectivity index (χ0n) is 23.1. The zero-order chi connectivity index (χ0) is 30.0. The number of nitriles is 1. The van der Waals surface area contributed by atoms with Crippen molar-refractivity contribution in [2.75, 3.05) is 18.4 Å². The number of aromatic nitrogens is 4. The normalized spacial score (nSPS) is 15.5. The fourth-order valence-corrected chi connectivity index (χ4v) is 5.86. The number of benzene rings is 1. The van der Waals surface area contributed by atoms with E-state index in [2.05, 4.69) is 14.7 Å². The van der Waals surface area contributed by atoms with E-state index in [4.69, 9.17) is 24.6 Å². The Morgan fingerprint density at radius 1 is 1.21 bits per heavy atom. The minimum absolute atomic E-state index is 0.0483. The van der Waals surface area contributed by atoms with Gasteiger partial charge in [0, 0.05) is 18.2 Å². The number of nitrogens with zero attached hydrogens (tertiary/aromatic N) is 5. The Bertz CT molecular complexity index is 1780. The number of anilines is 1. The highest BCUT2D eigenvalue weighted by Gasteiger charge is 2.26. The minimum atomic E-state index is -4.47. The van der Waals surface area contributed by atoms with Gasteiger partial charge in [0.1, 0.15) is 24.2 Å². The van der Waals surface area contributed by atoms with E-state index in [0.29, 0.717) is 12.3 Å². The average molecular weight is 599 g/mol. The Morgan fingerprint density at radius 3 is 2.71 bits per heavy atom. The van der Waals surface area contributed by atoms with E-state index in [9.17, 15) is 12.8 Å². The van der Waals surface area contributed by atoms with Crippen LogP contribution in [-0.4, -0.2) is 41.9 Å². The summed E-state index contributed by atoms with van der Waals surface area (Å²) in [5.74, 6) is -2.07. The summed E-state index contributed by atoms with van der Waals surface area (Å²) in [6, 6.07) is 6.41. The Kier molecular flexibility index (Phi) is 8.24. The largest absolute Gasteiger partial charge is 0.487 e. The first-order chi connectivity index (χ1) is 20.1. The van der Waals surface area contributed by atoms with E-state index >= 15 is 4.39 Å². The number of hydrogen-bond donors (Lipinski definition) is 1. The monoisotopic (exact) mass is 598 g/mol. The van der Waals surface area contributed by atoms with Crippen LogP contribution >= 0.6 is 0 Å². The molecule has 1 saturated heterocycles. The average Bonchev–Trinajstić information content (AvgIpc) is 3.38. The van der Waals surface area contributed by atoms with E-state index in [1.165, 1.54) is 13.3 Å². The van der Waals surface area contributed by atoms with Gasteiger partial charge in [0.05, 0.1) is 35.8 Å². The number of rotatable bonds is 9. The molecule has 42 heavy (non-hydrogen) atoms. The minimum Gasteiger partial charge on any atom is -0.487 e. The van der Waals surface area contributed by atoms with Crippen molar-refractivity contribution in [1.82, 2.24) is 19.7 Å². The van der Waals surface area contributed by atoms with Gasteiger partial charge in [0.15, 0.2) is 22.6 Å². The van der Waals surface area contributed by atoms with Crippen molar-refractivity contribution < 1.29 is 31.4 Å². The molecule has 1 fully saturated rings. The molecule has 14 heteroatoms. The molecule has 1 N–H and O–H groups in total. The highest BCUT2D eigenvalue weighted by molar-refractivity contribution is 7.92. The second-order valence-corrected chi connectivity index (χ2v) is 11.6. The van der Waals surface area contributed by atoms with Crippen molar-refractivity contribution in [2.24, 2.45) is 0 Å². The van der Waals surface area contributed by atoms with Gasteiger partial charge in [0.2, 0.25) is 5.88 Å². The quantitative estimate of drug-likeness (QED) is 0.276. The van der Waals surface area contributed by atoms with Crippen LogP contribution in [0, 0.1) is 23.0 Å². The number of halogens is 2. The van der Waals surface area contributed by atoms with Crippen LogP contribution < -0.4 is 14.2 Å². The van der Waals surface area contributed by atoms with Crippen LogP contribution in [0.15, 0.2) is 41.6 Å². The Labute approximate surface area is 241 Å². The fraction of sp³-hybridized carbons (Fsp3) is 0.357. The second kappa shape index (κ2) is 11.9. The number of nitrogens with one attached hydrogen (secondary N) is 1. The van der Waals surface area contributed by atoms with Gasteiger partial charge in [-0.15, -0.1) is 0 Å². The molecule has 0 bridgehead atoms. The summed E-state index contributed by atoms with van der Waals surface area (Å²) in [7, 11) is -3.27. The molecule has 3 aromatic heterocycles. The van der Waals surface area contributed by atoms with Gasteiger partial charge in [-0.25, -0.2) is 31.8 Å². The van der Waals surface area contributed by atoms with Gasteiger partial charge in [-0.3, -0.25) is 4.72 Å². The summed E-state index contributed by atoms with van der Waals surface area (Å²) in [5, 5.41) is 14.6. The van der Waals surface area contributed by atoms with Crippen molar-refractivity contribution in [3.8, 4) is 17.7 Å². The molecule has 0 saturated carbocycles. The highest BCUT2D eigenvalue weighted by atomic mass is 32.2. The van der Waals surface area contributed by atoms with E-state index in [1.54, 1.807) is 16.8 Å². The van der Waals surface area contributed by atoms with Crippen molar-refractivity contribution in [2.45, 2.75) is 56.8 Å². The van der Waals surface area contributed by atoms with E-state index in [-0.39, 0.29) is 29.3 Å². The van der Waals surface area contributed by atoms with Crippen LogP contribution in [0.25, 0.3) is 11.0 Å². The maximum Gasteiger partial charge on any atom is 0.267 e. The van der Waals surface area contributed by atoms with E-state index in [0.717, 1.165) is 54.7 Å². The van der Waals surface area contributed by atoms with Gasteiger partial charge >= 0.3 is 0 Å². The Balaban J connectivity index is 1.41. The molecular formula is C28H28F2N6O5S. The number of ether oxygens (including phenoxy) is 3. The number of fused-ring (bicyclic) bond motifs is 1. The van der Waals surface area contributed by atoms with Crippen molar-refractivity contribution in [3.63, 3.8) is 0 Å². The lowest BCUT2D eigenvalue weighted by Crippen LogP contribution is -2.19. The van der Waals surface area contributed by atoms with Crippen LogP contribution in [0.5, 0.6) is 11.6 Å². The van der Waals surface area contributed by atoms with Crippen molar-refractivity contribution in [3.05, 3.63) is 65.1 Å². The molecule has 1 aliphatic heterocycles. The first kappa shape index (κ1) is 29.2. The number of pyridine rings is 2. The third kappa shape index (κ3) is 5.70. The number of methoxy groups -OCH3 is 1. The lowest BCUT2D eigenvalue weighted by atomic mass is 10.1. The van der Waals surface area contributed by atoms with E-state index < -0.39 is 44.4 Å². The number of hydrogen-bond acceptors (Lipinski definition) is 9. The third-order valence-corrected chi connectivity index (χ3v) is 8.13. The van der Waals surface area contributed by atoms with E-state index in [1.807, 2.05) is 13.8 Å². The second-order valence-electron chi connectivity index (χ2n) is 9.97. The SMILES string of the molecule is COc1ncc(C#N)cc1S(=O)(=O)Nc1ccc(F)c(COc2cnc3c(c2)c(C(C)C)nn3C2CCCCO2)c1F. The Morgan fingerprint density at radius 2 is 2.02 bits per heavy atom. The first-order valence-electron chi connectivity index (χ1n) is 13.2. The standard InChI is InChI=1S/C28H28F2N6O5S/c1-16(2)26-19-11-18(14-32-27(19)36(34-26)24-6-4-5-9-40-24)41-15-20-21(29)7-8-22(25(20)30)35-42(37,38)23-10-17(12-31)13-33-28(23)39-3/h7-8,10-11,13-14,16,24,35H,4-6,9,15H2,1-3H3. The van der Waals surface area contributed by atoms with Crippen LogP contribution in [0.4, 0.5) is 14.5 Å². The molecule has 1 aromatic carbocycles. The topological polar surface area (TPSA) is 141 Å². The van der Waals surface area contributed by atoms with Crippen molar-refractivity contribution >= 4 is 26.7 Å². The lowest BCUT2D eigenvalue weighted by Gasteiger charge is -2.23. The van der Waals surface area contributed by atoms with Crippen LogP contribution in [0.2, 0.25) is 0 Å². The summed E-state index contributed by atoms with van der Waals surface area (Å²) in [5.41, 5.74) is 0.339. The molecule has 220 valence electrons. The molecule has 0 spiro atoms. The summed E-state index contributed by atoms with van der Waals surface area (Å²) in [6.45, 7) is 4.10. The molecule has 4 heterocycles. The van der Waals surface area contributed by atoms with Crippen molar-refractivity contribution in [1.29, 1.82) is 5.26 Å². The summed E-state index contributed by atoms with van der Waals surface area (Å²) < 4.78 is 76.8. The van der Waals surface area contributed by atoms with Gasteiger partial charge < -0.3 is 14.2 Å². The van der Waals surface area contributed by atoms with Crippen LogP contribution in [0.1, 0.15) is 62.1 Å². The molecule has 1 atom stereocenters. The summed E-state index contributed by atoms with van der Waals surface area (Å²) in [4.78, 5) is 7.84. The van der Waals surface area contributed by atoms with Gasteiger partial charge in [-0.05, 0) is 49.4 Å². The fourth-order valence-electron chi connectivity index (χ4n) is 4.65. The molecular weight excluding hydrogens is 570 g/mol. The number of sulfonamides is 1. The first-order valence-corrected chi connectivity index (χ1v) is 14.7. The smallest absolute Gasteiger partial charge is 0.267 e. The zero-order valence-corrected chi connectivity index (χ0v) is 23.9. The maximum atomic E-state index is 15.5. The molecule has 5 rings (SSSR count). The predicted molar refractivity (Wildman–Crippen MR) is 147 cm³/mol. The van der Waals surface area contributed by atoms with Gasteiger partial charge in [0.25, 0.3) is 10.0 Å². The molecule has 11 nitrogen and oxygen atoms in total. The third-order valence-electron chi connectivity index (χ3n) is 6.77. The Hall–Kier alpha value is -4.35. The molecule has 1 aliphatic rings. The molecule has 0 amide bonds. The van der Waals surface area contributed by atoms with Gasteiger partial charge in [-0.2, -0.15) is 10.4 Å².